The van der Waals surface area contributed by atoms with Crippen LogP contribution >= 0.6 is 27.3 Å². The van der Waals surface area contributed by atoms with Crippen LogP contribution in [0.4, 0.5) is 9.52 Å². The van der Waals surface area contributed by atoms with Gasteiger partial charge in [-0.05, 0) is 29.7 Å². The Labute approximate surface area is 118 Å². The van der Waals surface area contributed by atoms with Gasteiger partial charge < -0.3 is 5.73 Å². The van der Waals surface area contributed by atoms with E-state index in [9.17, 15) is 4.39 Å². The van der Waals surface area contributed by atoms with Crippen LogP contribution in [-0.2, 0) is 6.42 Å². The van der Waals surface area contributed by atoms with E-state index in [1.807, 2.05) is 0 Å². The van der Waals surface area contributed by atoms with E-state index in [0.29, 0.717) is 17.5 Å². The Bertz CT molecular complexity index is 566. The van der Waals surface area contributed by atoms with Gasteiger partial charge in [0, 0.05) is 15.8 Å². The van der Waals surface area contributed by atoms with Crippen molar-refractivity contribution in [3.8, 4) is 0 Å². The molecule has 0 aliphatic heterocycles. The van der Waals surface area contributed by atoms with Gasteiger partial charge >= 0.3 is 0 Å². The van der Waals surface area contributed by atoms with Crippen molar-refractivity contribution in [1.29, 1.82) is 0 Å². The number of hydrogen-bond acceptors (Lipinski definition) is 3. The summed E-state index contributed by atoms with van der Waals surface area (Å²) in [6, 6.07) is 4.71. The maximum absolute atomic E-state index is 13.3. The molecule has 2 aromatic rings. The molecule has 0 fully saturated rings. The van der Waals surface area contributed by atoms with E-state index in [-0.39, 0.29) is 5.82 Å². The van der Waals surface area contributed by atoms with E-state index in [1.54, 1.807) is 12.1 Å². The van der Waals surface area contributed by atoms with Gasteiger partial charge in [0.2, 0.25) is 0 Å². The molecule has 18 heavy (non-hydrogen) atoms. The van der Waals surface area contributed by atoms with Crippen LogP contribution in [0.1, 0.15) is 35.9 Å². The summed E-state index contributed by atoms with van der Waals surface area (Å²) in [6.07, 6.45) is 0.653. The molecular formula is C13H14BrFN2S. The molecular weight excluding hydrogens is 315 g/mol. The van der Waals surface area contributed by atoms with Gasteiger partial charge in [0.15, 0.2) is 5.13 Å². The lowest BCUT2D eigenvalue weighted by Crippen LogP contribution is -1.96. The van der Waals surface area contributed by atoms with Crippen LogP contribution in [-0.4, -0.2) is 4.98 Å². The molecule has 2 nitrogen and oxygen atoms in total. The largest absolute Gasteiger partial charge is 0.375 e. The van der Waals surface area contributed by atoms with Gasteiger partial charge in [-0.2, -0.15) is 0 Å². The van der Waals surface area contributed by atoms with E-state index in [0.717, 1.165) is 20.6 Å². The van der Waals surface area contributed by atoms with Crippen molar-refractivity contribution in [2.24, 2.45) is 0 Å². The van der Waals surface area contributed by atoms with E-state index in [1.165, 1.54) is 17.4 Å². The predicted octanol–water partition coefficient (Wildman–Crippen LogP) is 4.34. The zero-order chi connectivity index (χ0) is 13.3. The molecule has 2 rings (SSSR count). The van der Waals surface area contributed by atoms with Gasteiger partial charge in [0.1, 0.15) is 5.82 Å². The number of rotatable bonds is 3. The second-order valence-electron chi connectivity index (χ2n) is 4.43. The van der Waals surface area contributed by atoms with E-state index >= 15 is 0 Å². The highest BCUT2D eigenvalue weighted by atomic mass is 79.9. The van der Waals surface area contributed by atoms with Gasteiger partial charge in [0.05, 0.1) is 5.69 Å². The highest BCUT2D eigenvalue weighted by Gasteiger charge is 2.14. The third-order valence-corrected chi connectivity index (χ3v) is 4.32. The molecule has 0 spiro atoms. The first-order chi connectivity index (χ1) is 8.47. The molecule has 0 amide bonds. The number of nitrogen functional groups attached to an aromatic ring is 1. The number of hydrogen-bond donors (Lipinski definition) is 1. The number of nitrogens with two attached hydrogens (primary N) is 1. The van der Waals surface area contributed by atoms with Gasteiger partial charge in [-0.15, -0.1) is 11.3 Å². The lowest BCUT2D eigenvalue weighted by molar-refractivity contribution is 0.625. The fourth-order valence-electron chi connectivity index (χ4n) is 1.81. The average molecular weight is 329 g/mol. The summed E-state index contributed by atoms with van der Waals surface area (Å²) < 4.78 is 14.2. The van der Waals surface area contributed by atoms with Gasteiger partial charge in [-0.1, -0.05) is 29.8 Å². The van der Waals surface area contributed by atoms with Crippen molar-refractivity contribution in [2.45, 2.75) is 26.2 Å². The molecule has 0 atom stereocenters. The molecule has 0 saturated heterocycles. The Balaban J connectivity index is 2.36. The maximum atomic E-state index is 13.3. The van der Waals surface area contributed by atoms with Crippen molar-refractivity contribution < 1.29 is 4.39 Å². The smallest absolute Gasteiger partial charge is 0.180 e. The number of anilines is 1. The normalized spacial score (nSPS) is 11.2. The Hall–Kier alpha value is -0.940. The van der Waals surface area contributed by atoms with Crippen molar-refractivity contribution in [2.75, 3.05) is 5.73 Å². The molecule has 0 bridgehead atoms. The van der Waals surface area contributed by atoms with Crippen LogP contribution in [0.25, 0.3) is 0 Å². The van der Waals surface area contributed by atoms with Gasteiger partial charge in [0.25, 0.3) is 0 Å². The molecule has 0 aliphatic carbocycles. The minimum atomic E-state index is -0.225. The summed E-state index contributed by atoms with van der Waals surface area (Å²) in [5, 5.41) is 0.571. The zero-order valence-electron chi connectivity index (χ0n) is 10.2. The zero-order valence-corrected chi connectivity index (χ0v) is 12.6. The van der Waals surface area contributed by atoms with Gasteiger partial charge in [-0.3, -0.25) is 0 Å². The Morgan fingerprint density at radius 1 is 1.44 bits per heavy atom. The summed E-state index contributed by atoms with van der Waals surface area (Å²) in [4.78, 5) is 5.45. The molecule has 96 valence electrons. The highest BCUT2D eigenvalue weighted by Crippen LogP contribution is 2.30. The van der Waals surface area contributed by atoms with Crippen LogP contribution in [0.5, 0.6) is 0 Å². The Morgan fingerprint density at radius 3 is 2.83 bits per heavy atom. The third kappa shape index (κ3) is 2.90. The first kappa shape index (κ1) is 13.5. The standard InChI is InChI=1S/C13H14BrFN2S/c1-7(2)12-11(18-13(16)17-12)6-8-5-9(15)3-4-10(8)14/h3-5,7H,6H2,1-2H3,(H2,16,17). The summed E-state index contributed by atoms with van der Waals surface area (Å²) in [7, 11) is 0. The fraction of sp³-hybridized carbons (Fsp3) is 0.308. The second kappa shape index (κ2) is 5.36. The number of benzene rings is 1. The van der Waals surface area contributed by atoms with Crippen LogP contribution in [0.2, 0.25) is 0 Å². The lowest BCUT2D eigenvalue weighted by atomic mass is 10.0. The number of aromatic nitrogens is 1. The summed E-state index contributed by atoms with van der Waals surface area (Å²) >= 11 is 4.92. The maximum Gasteiger partial charge on any atom is 0.180 e. The molecule has 1 aromatic heterocycles. The Kier molecular flexibility index (Phi) is 4.02. The first-order valence-corrected chi connectivity index (χ1v) is 7.27. The molecule has 0 aliphatic rings. The summed E-state index contributed by atoms with van der Waals surface area (Å²) in [5.74, 6) is 0.0951. The van der Waals surface area contributed by atoms with Crippen LogP contribution in [0, 0.1) is 5.82 Å². The number of thiazole rings is 1. The van der Waals surface area contributed by atoms with Crippen LogP contribution < -0.4 is 5.73 Å². The monoisotopic (exact) mass is 328 g/mol. The summed E-state index contributed by atoms with van der Waals surface area (Å²) in [6.45, 7) is 4.16. The van der Waals surface area contributed by atoms with Crippen LogP contribution in [0.3, 0.4) is 0 Å². The van der Waals surface area contributed by atoms with Gasteiger partial charge in [-0.25, -0.2) is 9.37 Å². The molecule has 2 N–H and O–H groups in total. The fourth-order valence-corrected chi connectivity index (χ4v) is 3.21. The molecule has 0 unspecified atom stereocenters. The number of nitrogens with zero attached hydrogens (tertiary/aromatic N) is 1. The third-order valence-electron chi connectivity index (χ3n) is 2.65. The quantitative estimate of drug-likeness (QED) is 0.910. The Morgan fingerprint density at radius 2 is 2.17 bits per heavy atom. The summed E-state index contributed by atoms with van der Waals surface area (Å²) in [5.41, 5.74) is 7.69. The average Bonchev–Trinajstić information content (AvgIpc) is 2.65. The molecule has 1 aromatic carbocycles. The van der Waals surface area contributed by atoms with Crippen molar-refractivity contribution in [3.05, 3.63) is 44.6 Å². The first-order valence-electron chi connectivity index (χ1n) is 5.66. The van der Waals surface area contributed by atoms with E-state index in [4.69, 9.17) is 5.73 Å². The molecule has 0 radical (unpaired) electrons. The van der Waals surface area contributed by atoms with Crippen molar-refractivity contribution in [3.63, 3.8) is 0 Å². The topological polar surface area (TPSA) is 38.9 Å². The molecule has 1 heterocycles. The predicted molar refractivity (Wildman–Crippen MR) is 77.5 cm³/mol. The van der Waals surface area contributed by atoms with E-state index < -0.39 is 0 Å². The SMILES string of the molecule is CC(C)c1nc(N)sc1Cc1cc(F)ccc1Br. The second-order valence-corrected chi connectivity index (χ2v) is 6.40. The molecule has 0 saturated carbocycles. The lowest BCUT2D eigenvalue weighted by Gasteiger charge is -2.07. The minimum absolute atomic E-state index is 0.225. The van der Waals surface area contributed by atoms with Crippen molar-refractivity contribution in [1.82, 2.24) is 4.98 Å². The van der Waals surface area contributed by atoms with E-state index in [2.05, 4.69) is 34.8 Å². The van der Waals surface area contributed by atoms with Crippen molar-refractivity contribution >= 4 is 32.4 Å². The van der Waals surface area contributed by atoms with Crippen LogP contribution in [0.15, 0.2) is 22.7 Å². The highest BCUT2D eigenvalue weighted by molar-refractivity contribution is 9.10. The minimum Gasteiger partial charge on any atom is -0.375 e. The number of halogens is 2. The molecule has 5 heteroatoms.